The lowest BCUT2D eigenvalue weighted by molar-refractivity contribution is 0.101. The highest BCUT2D eigenvalue weighted by molar-refractivity contribution is 14.1. The fourth-order valence-corrected chi connectivity index (χ4v) is 3.66. The van der Waals surface area contributed by atoms with Crippen molar-refractivity contribution in [2.75, 3.05) is 5.32 Å². The summed E-state index contributed by atoms with van der Waals surface area (Å²) in [4.78, 5) is 19.7. The summed E-state index contributed by atoms with van der Waals surface area (Å²) in [6.07, 6.45) is 11.2. The Morgan fingerprint density at radius 3 is 1.44 bits per heavy atom. The van der Waals surface area contributed by atoms with Gasteiger partial charge in [-0.05, 0) is 73.9 Å². The van der Waals surface area contributed by atoms with Gasteiger partial charge in [-0.3, -0.25) is 14.8 Å². The number of aromatic nitrogens is 2. The molecule has 0 aliphatic carbocycles. The van der Waals surface area contributed by atoms with Crippen LogP contribution in [0, 0.1) is 50.1 Å². The van der Waals surface area contributed by atoms with E-state index in [2.05, 4.69) is 38.0 Å². The first-order valence-corrected chi connectivity index (χ1v) is 12.1. The number of rotatable bonds is 4. The number of nitrogens with one attached hydrogen (secondary N) is 1. The highest BCUT2D eigenvalue weighted by atomic mass is 127. The van der Waals surface area contributed by atoms with Crippen molar-refractivity contribution in [3.05, 3.63) is 120 Å². The molecule has 0 atom stereocenters. The van der Waals surface area contributed by atoms with Crippen LogP contribution in [0.4, 0.5) is 40.8 Å². The summed E-state index contributed by atoms with van der Waals surface area (Å²) in [5.74, 6) is -18.3. The smallest absolute Gasteiger partial charge is 0.262 e. The molecule has 0 unspecified atom stereocenters. The summed E-state index contributed by atoms with van der Waals surface area (Å²) in [6.45, 7) is 0. The summed E-state index contributed by atoms with van der Waals surface area (Å²) in [7, 11) is 0. The number of hydrogen-bond acceptors (Lipinski definition) is 3. The Morgan fingerprint density at radius 2 is 1.05 bits per heavy atom. The SMILES string of the molecule is C(=C\c1ccncc1)/c1ccncc1.O=C(Nc1c(F)c(F)c(Br)c(F)c1F)c1c(F)c(F)c(I)c(F)c1F. The van der Waals surface area contributed by atoms with Gasteiger partial charge in [0.1, 0.15) is 11.3 Å². The van der Waals surface area contributed by atoms with Gasteiger partial charge in [-0.25, -0.2) is 35.1 Å². The third-order valence-corrected chi connectivity index (χ3v) is 6.41. The maximum atomic E-state index is 13.7. The van der Waals surface area contributed by atoms with Crippen LogP contribution in [0.15, 0.2) is 53.5 Å². The molecule has 0 bridgehead atoms. The number of anilines is 1. The number of amides is 1. The van der Waals surface area contributed by atoms with Gasteiger partial charge in [-0.15, -0.1) is 0 Å². The molecule has 2 heterocycles. The van der Waals surface area contributed by atoms with Gasteiger partial charge in [0.05, 0.1) is 8.04 Å². The van der Waals surface area contributed by atoms with E-state index in [-0.39, 0.29) is 0 Å². The number of nitrogens with zero attached hydrogens (tertiary/aromatic N) is 2. The highest BCUT2D eigenvalue weighted by Crippen LogP contribution is 2.32. The van der Waals surface area contributed by atoms with Crippen molar-refractivity contribution in [3.63, 3.8) is 0 Å². The molecular weight excluding hydrogens is 717 g/mol. The van der Waals surface area contributed by atoms with Crippen LogP contribution in [-0.2, 0) is 0 Å². The predicted octanol–water partition coefficient (Wildman–Crippen LogP) is 8.07. The normalized spacial score (nSPS) is 10.8. The fraction of sp³-hybridized carbons (Fsp3) is 0. The summed E-state index contributed by atoms with van der Waals surface area (Å²) < 4.78 is 106. The Morgan fingerprint density at radius 1 is 0.667 bits per heavy atom. The van der Waals surface area contributed by atoms with Crippen molar-refractivity contribution in [1.29, 1.82) is 0 Å². The van der Waals surface area contributed by atoms with E-state index in [0.29, 0.717) is 0 Å². The van der Waals surface area contributed by atoms with Gasteiger partial charge < -0.3 is 5.32 Å². The molecule has 4 nitrogen and oxygen atoms in total. The Kier molecular flexibility index (Phi) is 10.1. The van der Waals surface area contributed by atoms with Gasteiger partial charge in [-0.1, -0.05) is 12.2 Å². The van der Waals surface area contributed by atoms with E-state index in [1.54, 1.807) is 24.8 Å². The van der Waals surface area contributed by atoms with Crippen molar-refractivity contribution in [2.45, 2.75) is 0 Å². The molecule has 1 N–H and O–H groups in total. The molecule has 0 fully saturated rings. The van der Waals surface area contributed by atoms with Crippen LogP contribution in [0.5, 0.6) is 0 Å². The maximum absolute atomic E-state index is 13.7. The van der Waals surface area contributed by atoms with Crippen LogP contribution in [0.3, 0.4) is 0 Å². The summed E-state index contributed by atoms with van der Waals surface area (Å²) in [5.41, 5.74) is -1.30. The molecule has 4 rings (SSSR count). The second-order valence-corrected chi connectivity index (χ2v) is 9.11. The minimum Gasteiger partial charge on any atom is -0.317 e. The number of benzene rings is 2. The Labute approximate surface area is 237 Å². The summed E-state index contributed by atoms with van der Waals surface area (Å²) in [6, 6.07) is 7.88. The van der Waals surface area contributed by atoms with Gasteiger partial charge in [0.2, 0.25) is 0 Å². The topological polar surface area (TPSA) is 54.9 Å². The van der Waals surface area contributed by atoms with E-state index in [1.807, 2.05) is 24.3 Å². The van der Waals surface area contributed by atoms with Gasteiger partial charge in [0.15, 0.2) is 46.5 Å². The first-order chi connectivity index (χ1) is 18.5. The molecule has 0 aliphatic rings. The van der Waals surface area contributed by atoms with Gasteiger partial charge in [0.25, 0.3) is 5.91 Å². The fourth-order valence-electron chi connectivity index (χ4n) is 2.84. The number of carbonyl (C=O) groups is 1. The molecule has 0 radical (unpaired) electrons. The number of carbonyl (C=O) groups excluding carboxylic acids is 1. The summed E-state index contributed by atoms with van der Waals surface area (Å²) >= 11 is 3.13. The second-order valence-electron chi connectivity index (χ2n) is 7.24. The van der Waals surface area contributed by atoms with Gasteiger partial charge >= 0.3 is 0 Å². The zero-order valence-corrected chi connectivity index (χ0v) is 22.6. The van der Waals surface area contributed by atoms with E-state index in [1.165, 1.54) is 0 Å². The minimum absolute atomic E-state index is 0.921. The monoisotopic (exact) mass is 727 g/mol. The standard InChI is InChI=1S/C13HBrF8INO.C12H10N2/c14-2-5(17)9(21)12(10(22)6(2)18)24-13(25)1-3(15)7(19)11(23)8(20)4(1)16;1(11-3-7-13-8-4-11)2-12-5-9-14-10-6-12/h(H,24,25);1-10H/b;2-1+. The Balaban J connectivity index is 0.000000252. The Bertz CT molecular complexity index is 1460. The highest BCUT2D eigenvalue weighted by Gasteiger charge is 2.31. The first-order valence-electron chi connectivity index (χ1n) is 10.3. The third kappa shape index (κ3) is 6.79. The zero-order valence-electron chi connectivity index (χ0n) is 18.9. The van der Waals surface area contributed by atoms with E-state index < -0.39 is 71.7 Å². The lowest BCUT2D eigenvalue weighted by Crippen LogP contribution is -2.21. The lowest BCUT2D eigenvalue weighted by Gasteiger charge is -2.12. The van der Waals surface area contributed by atoms with Gasteiger partial charge in [-0.2, -0.15) is 0 Å². The molecule has 0 saturated heterocycles. The van der Waals surface area contributed by atoms with Crippen molar-refractivity contribution in [2.24, 2.45) is 0 Å². The molecule has 2 aromatic carbocycles. The lowest BCUT2D eigenvalue weighted by atomic mass is 10.1. The molecule has 1 amide bonds. The molecule has 14 heteroatoms. The van der Waals surface area contributed by atoms with Crippen LogP contribution in [0.25, 0.3) is 12.2 Å². The van der Waals surface area contributed by atoms with Crippen LogP contribution in [-0.4, -0.2) is 15.9 Å². The average Bonchev–Trinajstić information content (AvgIpc) is 2.95. The maximum Gasteiger partial charge on any atom is 0.262 e. The zero-order chi connectivity index (χ0) is 28.9. The van der Waals surface area contributed by atoms with E-state index in [4.69, 9.17) is 0 Å². The molecule has 39 heavy (non-hydrogen) atoms. The second kappa shape index (κ2) is 13.1. The van der Waals surface area contributed by atoms with Crippen LogP contribution >= 0.6 is 38.5 Å². The van der Waals surface area contributed by atoms with Crippen molar-refractivity contribution < 1.29 is 39.9 Å². The third-order valence-electron chi connectivity index (χ3n) is 4.77. The van der Waals surface area contributed by atoms with Crippen LogP contribution in [0.2, 0.25) is 0 Å². The molecule has 202 valence electrons. The minimum atomic E-state index is -2.15. The van der Waals surface area contributed by atoms with E-state index in [0.717, 1.165) is 39.0 Å². The van der Waals surface area contributed by atoms with Crippen LogP contribution < -0.4 is 5.32 Å². The number of hydrogen-bond donors (Lipinski definition) is 1. The quantitative estimate of drug-likeness (QED) is 0.100. The molecular formula is C25H11BrF8IN3O. The molecule has 0 saturated carbocycles. The van der Waals surface area contributed by atoms with Crippen molar-refractivity contribution in [3.8, 4) is 0 Å². The van der Waals surface area contributed by atoms with Crippen molar-refractivity contribution >= 4 is 62.3 Å². The largest absolute Gasteiger partial charge is 0.317 e. The van der Waals surface area contributed by atoms with Crippen LogP contribution in [0.1, 0.15) is 21.5 Å². The first kappa shape index (κ1) is 30.1. The molecule has 2 aromatic heterocycles. The number of pyridine rings is 2. The van der Waals surface area contributed by atoms with Crippen molar-refractivity contribution in [1.82, 2.24) is 9.97 Å². The predicted molar refractivity (Wildman–Crippen MR) is 138 cm³/mol. The summed E-state index contributed by atoms with van der Waals surface area (Å²) in [5, 5.41) is 1.15. The molecule has 4 aromatic rings. The average molecular weight is 728 g/mol. The molecule has 0 spiro atoms. The number of halogens is 10. The van der Waals surface area contributed by atoms with Gasteiger partial charge in [0, 0.05) is 24.8 Å². The Hall–Kier alpha value is -3.40. The van der Waals surface area contributed by atoms with E-state index >= 15 is 0 Å². The van der Waals surface area contributed by atoms with E-state index in [9.17, 15) is 39.9 Å². The molecule has 0 aliphatic heterocycles.